The number of piperidine rings is 1. The van der Waals surface area contributed by atoms with Gasteiger partial charge in [-0.25, -0.2) is 4.79 Å². The highest BCUT2D eigenvalue weighted by atomic mass is 32.1. The van der Waals surface area contributed by atoms with Crippen LogP contribution in [-0.2, 0) is 20.0 Å². The van der Waals surface area contributed by atoms with Crippen LogP contribution in [0.3, 0.4) is 0 Å². The number of carbonyl (C=O) groups is 2. The Morgan fingerprint density at radius 1 is 1.03 bits per heavy atom. The average molecular weight is 542 g/mol. The zero-order valence-electron chi connectivity index (χ0n) is 21.9. The fourth-order valence-electron chi connectivity index (χ4n) is 5.53. The minimum absolute atomic E-state index is 0.0472. The molecule has 39 heavy (non-hydrogen) atoms. The SMILES string of the molecule is Cn1c(C(=O)c2cn(CCc3ccc(OCC4CCN(C(=O)O)CC4)cc3)c3ccccc23)cc2sccc21. The van der Waals surface area contributed by atoms with Gasteiger partial charge < -0.3 is 23.9 Å². The molecule has 0 bridgehead atoms. The average Bonchev–Trinajstić information content (AvgIpc) is 3.66. The summed E-state index contributed by atoms with van der Waals surface area (Å²) in [6.45, 7) is 2.52. The van der Waals surface area contributed by atoms with Crippen molar-refractivity contribution in [2.24, 2.45) is 13.0 Å². The van der Waals surface area contributed by atoms with Gasteiger partial charge in [0.05, 0.1) is 22.5 Å². The van der Waals surface area contributed by atoms with E-state index in [1.807, 2.05) is 54.2 Å². The number of carboxylic acid groups (broad SMARTS) is 1. The number of amides is 1. The second kappa shape index (κ2) is 10.6. The van der Waals surface area contributed by atoms with Crippen LogP contribution in [0.5, 0.6) is 5.75 Å². The number of ketones is 1. The molecule has 7 nitrogen and oxygen atoms in total. The van der Waals surface area contributed by atoms with Crippen LogP contribution < -0.4 is 4.74 Å². The molecule has 1 aliphatic heterocycles. The summed E-state index contributed by atoms with van der Waals surface area (Å²) in [6.07, 6.45) is 3.67. The number of likely N-dealkylation sites (tertiary alicyclic amines) is 1. The Bertz CT molecular complexity index is 1640. The summed E-state index contributed by atoms with van der Waals surface area (Å²) in [7, 11) is 1.96. The molecule has 4 heterocycles. The second-order valence-corrected chi connectivity index (χ2v) is 11.2. The summed E-state index contributed by atoms with van der Waals surface area (Å²) in [4.78, 5) is 26.2. The lowest BCUT2D eigenvalue weighted by Gasteiger charge is -2.29. The molecule has 200 valence electrons. The zero-order chi connectivity index (χ0) is 26.9. The minimum Gasteiger partial charge on any atom is -0.493 e. The van der Waals surface area contributed by atoms with Crippen LogP contribution >= 0.6 is 11.3 Å². The van der Waals surface area contributed by atoms with Crippen molar-refractivity contribution < 1.29 is 19.4 Å². The summed E-state index contributed by atoms with van der Waals surface area (Å²) in [5.41, 5.74) is 4.79. The highest BCUT2D eigenvalue weighted by Crippen LogP contribution is 2.29. The maximum absolute atomic E-state index is 13.6. The Kier molecular flexibility index (Phi) is 6.87. The minimum atomic E-state index is -0.836. The van der Waals surface area contributed by atoms with E-state index >= 15 is 0 Å². The van der Waals surface area contributed by atoms with Gasteiger partial charge in [-0.1, -0.05) is 30.3 Å². The van der Waals surface area contributed by atoms with Gasteiger partial charge in [0.15, 0.2) is 0 Å². The number of rotatable bonds is 8. The quantitative estimate of drug-likeness (QED) is 0.230. The summed E-state index contributed by atoms with van der Waals surface area (Å²) in [6, 6.07) is 20.4. The van der Waals surface area contributed by atoms with Gasteiger partial charge in [0.1, 0.15) is 5.75 Å². The van der Waals surface area contributed by atoms with E-state index in [2.05, 4.69) is 34.2 Å². The number of aromatic nitrogens is 2. The van der Waals surface area contributed by atoms with E-state index in [0.717, 1.165) is 58.2 Å². The van der Waals surface area contributed by atoms with E-state index < -0.39 is 6.09 Å². The molecule has 0 unspecified atom stereocenters. The van der Waals surface area contributed by atoms with Gasteiger partial charge in [0.25, 0.3) is 0 Å². The number of nitrogens with zero attached hydrogens (tertiary/aromatic N) is 3. The molecular formula is C31H31N3O4S. The van der Waals surface area contributed by atoms with Crippen LogP contribution in [0.1, 0.15) is 34.5 Å². The molecule has 0 saturated carbocycles. The number of carbonyl (C=O) groups excluding carboxylic acids is 1. The topological polar surface area (TPSA) is 76.7 Å². The smallest absolute Gasteiger partial charge is 0.407 e. The van der Waals surface area contributed by atoms with Crippen molar-refractivity contribution in [2.75, 3.05) is 19.7 Å². The summed E-state index contributed by atoms with van der Waals surface area (Å²) in [5, 5.41) is 12.1. The highest BCUT2D eigenvalue weighted by Gasteiger charge is 2.23. The first kappa shape index (κ1) is 25.2. The molecule has 0 atom stereocenters. The third-order valence-corrected chi connectivity index (χ3v) is 8.72. The molecule has 3 aromatic heterocycles. The van der Waals surface area contributed by atoms with Crippen LogP contribution in [0.2, 0.25) is 0 Å². The summed E-state index contributed by atoms with van der Waals surface area (Å²) >= 11 is 1.65. The molecule has 8 heteroatoms. The van der Waals surface area contributed by atoms with Crippen molar-refractivity contribution in [1.82, 2.24) is 14.0 Å². The second-order valence-electron chi connectivity index (χ2n) is 10.3. The number of hydrogen-bond donors (Lipinski definition) is 1. The lowest BCUT2D eigenvalue weighted by atomic mass is 9.98. The summed E-state index contributed by atoms with van der Waals surface area (Å²) < 4.78 is 11.3. The van der Waals surface area contributed by atoms with E-state index in [9.17, 15) is 9.59 Å². The molecule has 0 aliphatic carbocycles. The van der Waals surface area contributed by atoms with E-state index in [0.29, 0.717) is 31.3 Å². The van der Waals surface area contributed by atoms with Gasteiger partial charge in [-0.15, -0.1) is 11.3 Å². The maximum atomic E-state index is 13.6. The van der Waals surface area contributed by atoms with Gasteiger partial charge in [-0.3, -0.25) is 4.79 Å². The first-order chi connectivity index (χ1) is 19.0. The standard InChI is InChI=1S/C31H31N3O4S/c1-32-27-13-17-39-29(27)18-28(32)30(35)25-19-34(26-5-3-2-4-24(25)26)16-10-21-6-8-23(9-7-21)38-20-22-11-14-33(15-12-22)31(36)37/h2-9,13,17-19,22H,10-12,14-16,20H2,1H3,(H,36,37). The number of benzene rings is 2. The number of hydrogen-bond acceptors (Lipinski definition) is 4. The van der Waals surface area contributed by atoms with Crippen molar-refractivity contribution in [3.05, 3.63) is 89.1 Å². The van der Waals surface area contributed by atoms with Crippen molar-refractivity contribution in [3.63, 3.8) is 0 Å². The molecule has 1 amide bonds. The lowest BCUT2D eigenvalue weighted by molar-refractivity contribution is 0.103. The number of thiophene rings is 1. The van der Waals surface area contributed by atoms with Gasteiger partial charge in [-0.2, -0.15) is 0 Å². The molecule has 1 aliphatic rings. The van der Waals surface area contributed by atoms with Gasteiger partial charge >= 0.3 is 6.09 Å². The molecule has 6 rings (SSSR count). The number of para-hydroxylation sites is 1. The van der Waals surface area contributed by atoms with Gasteiger partial charge in [0.2, 0.25) is 5.78 Å². The van der Waals surface area contributed by atoms with Gasteiger partial charge in [-0.05, 0) is 66.5 Å². The third kappa shape index (κ3) is 5.04. The van der Waals surface area contributed by atoms with E-state index in [1.54, 1.807) is 11.3 Å². The van der Waals surface area contributed by atoms with Crippen LogP contribution in [0.15, 0.2) is 72.2 Å². The lowest BCUT2D eigenvalue weighted by Crippen LogP contribution is -2.38. The Morgan fingerprint density at radius 3 is 2.54 bits per heavy atom. The van der Waals surface area contributed by atoms with Crippen molar-refractivity contribution in [1.29, 1.82) is 0 Å². The molecule has 2 aromatic carbocycles. The fraction of sp³-hybridized carbons (Fsp3) is 0.290. The molecule has 0 radical (unpaired) electrons. The van der Waals surface area contributed by atoms with Crippen LogP contribution in [-0.4, -0.2) is 50.7 Å². The third-order valence-electron chi connectivity index (χ3n) is 7.87. The fourth-order valence-corrected chi connectivity index (χ4v) is 6.37. The highest BCUT2D eigenvalue weighted by molar-refractivity contribution is 7.17. The van der Waals surface area contributed by atoms with Crippen LogP contribution in [0.4, 0.5) is 4.79 Å². The number of ether oxygens (including phenoxy) is 1. The molecule has 5 aromatic rings. The first-order valence-corrected chi connectivity index (χ1v) is 14.2. The molecule has 1 fully saturated rings. The Morgan fingerprint density at radius 2 is 1.79 bits per heavy atom. The van der Waals surface area contributed by atoms with E-state index in [1.165, 1.54) is 10.5 Å². The maximum Gasteiger partial charge on any atom is 0.407 e. The largest absolute Gasteiger partial charge is 0.493 e. The van der Waals surface area contributed by atoms with Crippen LogP contribution in [0, 0.1) is 5.92 Å². The number of aryl methyl sites for hydroxylation is 3. The van der Waals surface area contributed by atoms with Crippen molar-refractivity contribution in [2.45, 2.75) is 25.8 Å². The predicted molar refractivity (Wildman–Crippen MR) is 154 cm³/mol. The molecule has 1 saturated heterocycles. The molecule has 1 N–H and O–H groups in total. The Balaban J connectivity index is 1.11. The first-order valence-electron chi connectivity index (χ1n) is 13.3. The van der Waals surface area contributed by atoms with Crippen LogP contribution in [0.25, 0.3) is 21.1 Å². The van der Waals surface area contributed by atoms with E-state index in [-0.39, 0.29) is 5.78 Å². The monoisotopic (exact) mass is 541 g/mol. The Hall–Kier alpha value is -4.04. The van der Waals surface area contributed by atoms with Gasteiger partial charge in [0, 0.05) is 49.3 Å². The molecular weight excluding hydrogens is 510 g/mol. The zero-order valence-corrected chi connectivity index (χ0v) is 22.7. The summed E-state index contributed by atoms with van der Waals surface area (Å²) in [5.74, 6) is 1.26. The predicted octanol–water partition coefficient (Wildman–Crippen LogP) is 6.44. The van der Waals surface area contributed by atoms with Crippen molar-refractivity contribution in [3.8, 4) is 5.75 Å². The normalized spacial score (nSPS) is 14.3. The number of fused-ring (bicyclic) bond motifs is 2. The van der Waals surface area contributed by atoms with E-state index in [4.69, 9.17) is 9.84 Å². The molecule has 0 spiro atoms. The van der Waals surface area contributed by atoms with Crippen molar-refractivity contribution >= 4 is 44.3 Å². The Labute approximate surface area is 230 Å².